The maximum atomic E-state index is 11.6. The van der Waals surface area contributed by atoms with Crippen molar-refractivity contribution in [2.75, 3.05) is 29.5 Å². The molecule has 0 fully saturated rings. The molecule has 0 saturated carbocycles. The topological polar surface area (TPSA) is 112 Å². The first kappa shape index (κ1) is 20.4. The minimum absolute atomic E-state index is 0.151. The van der Waals surface area contributed by atoms with Crippen molar-refractivity contribution < 1.29 is 17.9 Å². The van der Waals surface area contributed by atoms with Crippen LogP contribution in [0.15, 0.2) is 41.4 Å². The van der Waals surface area contributed by atoms with Gasteiger partial charge in [0, 0.05) is 24.2 Å². The number of esters is 1. The summed E-state index contributed by atoms with van der Waals surface area (Å²) in [5, 5.41) is 14.1. The van der Waals surface area contributed by atoms with E-state index in [2.05, 4.69) is 10.3 Å². The predicted octanol–water partition coefficient (Wildman–Crippen LogP) is 2.59. The van der Waals surface area contributed by atoms with Crippen LogP contribution in [-0.4, -0.2) is 39.3 Å². The van der Waals surface area contributed by atoms with Gasteiger partial charge < -0.3 is 10.1 Å². The van der Waals surface area contributed by atoms with Crippen LogP contribution in [0.3, 0.4) is 0 Å². The molecule has 0 aliphatic carbocycles. The molecule has 2 rings (SSSR count). The van der Waals surface area contributed by atoms with Gasteiger partial charge in [0.05, 0.1) is 24.2 Å². The van der Waals surface area contributed by atoms with Gasteiger partial charge in [0.15, 0.2) is 10.7 Å². The molecule has 8 nitrogen and oxygen atoms in total. The van der Waals surface area contributed by atoms with Crippen molar-refractivity contribution in [1.29, 1.82) is 5.26 Å². The van der Waals surface area contributed by atoms with E-state index in [1.807, 2.05) is 5.38 Å². The van der Waals surface area contributed by atoms with Gasteiger partial charge in [-0.2, -0.15) is 5.26 Å². The first-order chi connectivity index (χ1) is 12.8. The number of hydrogen-bond acceptors (Lipinski definition) is 8. The number of aromatic nitrogens is 1. The highest BCUT2D eigenvalue weighted by atomic mass is 32.2. The number of thiazole rings is 1. The number of benzene rings is 1. The van der Waals surface area contributed by atoms with E-state index in [0.29, 0.717) is 16.5 Å². The summed E-state index contributed by atoms with van der Waals surface area (Å²) < 4.78 is 29.1. The van der Waals surface area contributed by atoms with Crippen LogP contribution in [0.1, 0.15) is 6.92 Å². The Bertz CT molecular complexity index is 989. The molecule has 0 aliphatic rings. The normalized spacial score (nSPS) is 11.6. The van der Waals surface area contributed by atoms with Crippen molar-refractivity contribution in [3.63, 3.8) is 0 Å². The molecule has 0 atom stereocenters. The van der Waals surface area contributed by atoms with Crippen LogP contribution in [0.25, 0.3) is 11.3 Å². The van der Waals surface area contributed by atoms with E-state index >= 15 is 0 Å². The summed E-state index contributed by atoms with van der Waals surface area (Å²) in [4.78, 5) is 15.9. The fourth-order valence-corrected chi connectivity index (χ4v) is 3.18. The summed E-state index contributed by atoms with van der Waals surface area (Å²) in [7, 11) is -1.84. The summed E-state index contributed by atoms with van der Waals surface area (Å²) >= 11 is 1.30. The van der Waals surface area contributed by atoms with Crippen molar-refractivity contribution in [2.24, 2.45) is 0 Å². The van der Waals surface area contributed by atoms with E-state index in [-0.39, 0.29) is 12.2 Å². The number of nitrogens with zero attached hydrogens (tertiary/aromatic N) is 3. The van der Waals surface area contributed by atoms with E-state index in [9.17, 15) is 13.2 Å². The average molecular weight is 406 g/mol. The maximum Gasteiger partial charge on any atom is 0.350 e. The lowest BCUT2D eigenvalue weighted by molar-refractivity contribution is -0.138. The summed E-state index contributed by atoms with van der Waals surface area (Å²) in [6.45, 7) is 1.84. The Hall–Kier alpha value is -2.90. The number of rotatable bonds is 7. The Kier molecular flexibility index (Phi) is 6.55. The van der Waals surface area contributed by atoms with Crippen LogP contribution < -0.4 is 9.62 Å². The Balaban J connectivity index is 2.14. The maximum absolute atomic E-state index is 11.6. The Morgan fingerprint density at radius 3 is 2.63 bits per heavy atom. The van der Waals surface area contributed by atoms with Gasteiger partial charge in [-0.15, -0.1) is 11.3 Å². The van der Waals surface area contributed by atoms with Crippen molar-refractivity contribution in [3.8, 4) is 17.3 Å². The molecule has 142 valence electrons. The molecule has 0 unspecified atom stereocenters. The first-order valence-corrected chi connectivity index (χ1v) is 10.5. The Morgan fingerprint density at radius 2 is 2.07 bits per heavy atom. The standard InChI is InChI=1S/C17H18N4O4S2/c1-4-25-16(22)13(9-18)10-19-17-20-15(11-26-17)12-5-7-14(8-6-12)21(2)27(3,23)24/h5-8,10-11H,4H2,1-3H3,(H,19,20)/b13-10+. The number of nitriles is 1. The smallest absolute Gasteiger partial charge is 0.350 e. The third-order valence-electron chi connectivity index (χ3n) is 3.48. The fourth-order valence-electron chi connectivity index (χ4n) is 1.99. The fraction of sp³-hybridized carbons (Fsp3) is 0.235. The number of nitrogens with one attached hydrogen (secondary N) is 1. The molecule has 0 radical (unpaired) electrons. The zero-order valence-corrected chi connectivity index (χ0v) is 16.6. The highest BCUT2D eigenvalue weighted by Crippen LogP contribution is 2.27. The number of anilines is 2. The molecule has 27 heavy (non-hydrogen) atoms. The second-order valence-electron chi connectivity index (χ2n) is 5.35. The lowest BCUT2D eigenvalue weighted by Gasteiger charge is -2.16. The summed E-state index contributed by atoms with van der Waals surface area (Å²) in [6.07, 6.45) is 2.39. The lowest BCUT2D eigenvalue weighted by Crippen LogP contribution is -2.24. The van der Waals surface area contributed by atoms with Crippen molar-refractivity contribution in [2.45, 2.75) is 6.92 Å². The minimum atomic E-state index is -3.32. The molecular formula is C17H18N4O4S2. The number of hydrogen-bond donors (Lipinski definition) is 1. The third-order valence-corrected chi connectivity index (χ3v) is 5.46. The second-order valence-corrected chi connectivity index (χ2v) is 8.22. The molecule has 1 aromatic carbocycles. The van der Waals surface area contributed by atoms with Gasteiger partial charge in [-0.3, -0.25) is 4.31 Å². The van der Waals surface area contributed by atoms with Gasteiger partial charge in [-0.1, -0.05) is 12.1 Å². The molecule has 1 heterocycles. The predicted molar refractivity (Wildman–Crippen MR) is 105 cm³/mol. The van der Waals surface area contributed by atoms with Crippen LogP contribution in [0.2, 0.25) is 0 Å². The summed E-state index contributed by atoms with van der Waals surface area (Å²) in [6, 6.07) is 8.69. The molecule has 2 aromatic rings. The summed E-state index contributed by atoms with van der Waals surface area (Å²) in [5.41, 5.74) is 1.88. The van der Waals surface area contributed by atoms with Crippen molar-refractivity contribution >= 4 is 38.1 Å². The van der Waals surface area contributed by atoms with E-state index < -0.39 is 16.0 Å². The van der Waals surface area contributed by atoms with E-state index in [1.54, 1.807) is 37.3 Å². The van der Waals surface area contributed by atoms with Crippen LogP contribution >= 0.6 is 11.3 Å². The zero-order chi connectivity index (χ0) is 20.0. The van der Waals surface area contributed by atoms with Gasteiger partial charge in [0.2, 0.25) is 10.0 Å². The van der Waals surface area contributed by atoms with Crippen LogP contribution in [0, 0.1) is 11.3 Å². The molecule has 1 N–H and O–H groups in total. The number of sulfonamides is 1. The Morgan fingerprint density at radius 1 is 1.41 bits per heavy atom. The highest BCUT2D eigenvalue weighted by molar-refractivity contribution is 7.92. The molecule has 0 saturated heterocycles. The van der Waals surface area contributed by atoms with Gasteiger partial charge in [-0.25, -0.2) is 18.2 Å². The van der Waals surface area contributed by atoms with Crippen molar-refractivity contribution in [3.05, 3.63) is 41.4 Å². The lowest BCUT2D eigenvalue weighted by atomic mass is 10.1. The van der Waals surface area contributed by atoms with Gasteiger partial charge in [0.25, 0.3) is 0 Å². The number of carbonyl (C=O) groups excluding carboxylic acids is 1. The van der Waals surface area contributed by atoms with Gasteiger partial charge in [0.1, 0.15) is 6.07 Å². The SMILES string of the molecule is CCOC(=O)/C(C#N)=C/Nc1nc(-c2ccc(N(C)S(C)(=O)=O)cc2)cs1. The van der Waals surface area contributed by atoms with Crippen molar-refractivity contribution in [1.82, 2.24) is 4.98 Å². The molecule has 0 spiro atoms. The van der Waals surface area contributed by atoms with E-state index in [1.165, 1.54) is 28.9 Å². The second kappa shape index (κ2) is 8.66. The highest BCUT2D eigenvalue weighted by Gasteiger charge is 2.13. The molecule has 0 aliphatic heterocycles. The zero-order valence-electron chi connectivity index (χ0n) is 15.0. The molecule has 1 aromatic heterocycles. The summed E-state index contributed by atoms with van der Waals surface area (Å²) in [5.74, 6) is -0.699. The molecule has 0 bridgehead atoms. The van der Waals surface area contributed by atoms with Gasteiger partial charge >= 0.3 is 5.97 Å². The molecule has 0 amide bonds. The largest absolute Gasteiger partial charge is 0.462 e. The van der Waals surface area contributed by atoms with E-state index in [0.717, 1.165) is 11.8 Å². The van der Waals surface area contributed by atoms with Crippen LogP contribution in [-0.2, 0) is 19.6 Å². The minimum Gasteiger partial charge on any atom is -0.462 e. The van der Waals surface area contributed by atoms with Crippen LogP contribution in [0.5, 0.6) is 0 Å². The van der Waals surface area contributed by atoms with E-state index in [4.69, 9.17) is 10.00 Å². The Labute approximate surface area is 161 Å². The third kappa shape index (κ3) is 5.29. The molecular weight excluding hydrogens is 388 g/mol. The van der Waals surface area contributed by atoms with Crippen LogP contribution in [0.4, 0.5) is 10.8 Å². The average Bonchev–Trinajstić information content (AvgIpc) is 3.10. The number of ether oxygens (including phenoxy) is 1. The first-order valence-electron chi connectivity index (χ1n) is 7.80. The monoisotopic (exact) mass is 406 g/mol. The quantitative estimate of drug-likeness (QED) is 0.427. The number of carbonyl (C=O) groups is 1. The van der Waals surface area contributed by atoms with Gasteiger partial charge in [-0.05, 0) is 19.1 Å². The molecule has 10 heteroatoms.